The third kappa shape index (κ3) is 5.07. The van der Waals surface area contributed by atoms with Crippen LogP contribution in [0.2, 0.25) is 0 Å². The molecule has 2 aromatic rings. The second-order valence-corrected chi connectivity index (χ2v) is 7.73. The molecule has 0 aromatic heterocycles. The zero-order valence-electron chi connectivity index (χ0n) is 17.7. The highest BCUT2D eigenvalue weighted by molar-refractivity contribution is 5.78. The first-order valence-corrected chi connectivity index (χ1v) is 9.99. The number of aryl methyl sites for hydroxylation is 1. The summed E-state index contributed by atoms with van der Waals surface area (Å²) in [4.78, 5) is 18.9. The smallest absolute Gasteiger partial charge is 0.236 e. The van der Waals surface area contributed by atoms with Gasteiger partial charge >= 0.3 is 0 Å². The number of halogens is 1. The molecule has 0 spiro atoms. The Morgan fingerprint density at radius 2 is 1.86 bits per heavy atom. The molecule has 0 N–H and O–H groups in total. The number of ether oxygens (including phenoxy) is 1. The molecule has 1 aliphatic heterocycles. The van der Waals surface area contributed by atoms with Crippen molar-refractivity contribution in [1.82, 2.24) is 9.80 Å². The van der Waals surface area contributed by atoms with Crippen LogP contribution in [0.15, 0.2) is 36.4 Å². The van der Waals surface area contributed by atoms with E-state index in [-0.39, 0.29) is 17.5 Å². The molecular formula is C23H30FN3O2. The van der Waals surface area contributed by atoms with E-state index < -0.39 is 0 Å². The van der Waals surface area contributed by atoms with Crippen LogP contribution in [0.4, 0.5) is 10.1 Å². The van der Waals surface area contributed by atoms with Crippen LogP contribution >= 0.6 is 0 Å². The monoisotopic (exact) mass is 399 g/mol. The van der Waals surface area contributed by atoms with Crippen molar-refractivity contribution in [3.05, 3.63) is 58.9 Å². The number of hydrogen-bond acceptors (Lipinski definition) is 4. The Morgan fingerprint density at radius 1 is 1.14 bits per heavy atom. The molecule has 0 unspecified atom stereocenters. The average Bonchev–Trinajstić information content (AvgIpc) is 2.70. The van der Waals surface area contributed by atoms with E-state index in [9.17, 15) is 9.18 Å². The molecule has 1 heterocycles. The van der Waals surface area contributed by atoms with Crippen LogP contribution in [0.5, 0.6) is 5.75 Å². The number of anilines is 1. The molecule has 0 saturated carbocycles. The van der Waals surface area contributed by atoms with Crippen LogP contribution < -0.4 is 9.64 Å². The van der Waals surface area contributed by atoms with Crippen molar-refractivity contribution in [3.63, 3.8) is 0 Å². The first kappa shape index (κ1) is 21.1. The molecule has 29 heavy (non-hydrogen) atoms. The minimum atomic E-state index is -0.382. The Bertz CT molecular complexity index is 863. The minimum Gasteiger partial charge on any atom is -0.494 e. The molecule has 5 nitrogen and oxygen atoms in total. The predicted molar refractivity (Wildman–Crippen MR) is 114 cm³/mol. The van der Waals surface area contributed by atoms with E-state index in [4.69, 9.17) is 4.74 Å². The molecule has 6 heteroatoms. The number of carbonyl (C=O) groups excluding carboxylic acids is 1. The molecule has 1 aliphatic rings. The zero-order valence-corrected chi connectivity index (χ0v) is 17.7. The van der Waals surface area contributed by atoms with Gasteiger partial charge in [0.05, 0.1) is 13.7 Å². The highest BCUT2D eigenvalue weighted by Gasteiger charge is 2.23. The van der Waals surface area contributed by atoms with Crippen LogP contribution in [0.25, 0.3) is 0 Å². The quantitative estimate of drug-likeness (QED) is 0.747. The Labute approximate surface area is 172 Å². The number of piperazine rings is 1. The molecule has 0 bridgehead atoms. The fourth-order valence-electron chi connectivity index (χ4n) is 3.78. The topological polar surface area (TPSA) is 36.0 Å². The standard InChI is InChI=1S/C23H30FN3O2/c1-17-6-5-7-21(18(17)2)26-10-12-27(13-11-26)23(28)16-25(3)15-19-8-9-22(29-4)20(24)14-19/h5-9,14H,10-13,15-16H2,1-4H3. The van der Waals surface area contributed by atoms with Gasteiger partial charge in [-0.15, -0.1) is 0 Å². The average molecular weight is 400 g/mol. The van der Waals surface area contributed by atoms with Crippen LogP contribution in [0.1, 0.15) is 16.7 Å². The second kappa shape index (κ2) is 9.27. The first-order valence-electron chi connectivity index (χ1n) is 9.99. The number of nitrogens with zero attached hydrogens (tertiary/aromatic N) is 3. The molecule has 2 aromatic carbocycles. The van der Waals surface area contributed by atoms with Crippen molar-refractivity contribution in [2.75, 3.05) is 51.8 Å². The molecule has 0 atom stereocenters. The summed E-state index contributed by atoms with van der Waals surface area (Å²) in [5.41, 5.74) is 4.67. The lowest BCUT2D eigenvalue weighted by atomic mass is 10.1. The maximum atomic E-state index is 13.9. The third-order valence-electron chi connectivity index (χ3n) is 5.62. The molecule has 156 valence electrons. The van der Waals surface area contributed by atoms with Crippen molar-refractivity contribution in [3.8, 4) is 5.75 Å². The Hall–Kier alpha value is -2.60. The summed E-state index contributed by atoms with van der Waals surface area (Å²) in [7, 11) is 3.33. The molecule has 0 aliphatic carbocycles. The SMILES string of the molecule is COc1ccc(CN(C)CC(=O)N2CCN(c3cccc(C)c3C)CC2)cc1F. The number of amides is 1. The molecule has 3 rings (SSSR count). The maximum absolute atomic E-state index is 13.9. The lowest BCUT2D eigenvalue weighted by Crippen LogP contribution is -2.51. The first-order chi connectivity index (χ1) is 13.9. The van der Waals surface area contributed by atoms with Crippen molar-refractivity contribution in [2.45, 2.75) is 20.4 Å². The van der Waals surface area contributed by atoms with E-state index in [2.05, 4.69) is 36.9 Å². The Morgan fingerprint density at radius 3 is 2.52 bits per heavy atom. The Balaban J connectivity index is 1.51. The van der Waals surface area contributed by atoms with E-state index in [0.29, 0.717) is 13.1 Å². The van der Waals surface area contributed by atoms with E-state index in [0.717, 1.165) is 31.7 Å². The number of likely N-dealkylation sites (N-methyl/N-ethyl adjacent to an activating group) is 1. The normalized spacial score (nSPS) is 14.4. The van der Waals surface area contributed by atoms with Gasteiger partial charge in [-0.05, 0) is 55.8 Å². The lowest BCUT2D eigenvalue weighted by Gasteiger charge is -2.37. The van der Waals surface area contributed by atoms with Gasteiger partial charge in [0.2, 0.25) is 5.91 Å². The summed E-state index contributed by atoms with van der Waals surface area (Å²) in [6.45, 7) is 8.22. The van der Waals surface area contributed by atoms with Crippen LogP contribution in [0.3, 0.4) is 0 Å². The van der Waals surface area contributed by atoms with E-state index >= 15 is 0 Å². The summed E-state index contributed by atoms with van der Waals surface area (Å²) >= 11 is 0. The van der Waals surface area contributed by atoms with Gasteiger partial charge < -0.3 is 14.5 Å². The number of benzene rings is 2. The molecule has 1 saturated heterocycles. The van der Waals surface area contributed by atoms with Crippen LogP contribution in [0, 0.1) is 19.7 Å². The van der Waals surface area contributed by atoms with Crippen LogP contribution in [-0.4, -0.2) is 62.6 Å². The summed E-state index contributed by atoms with van der Waals surface area (Å²) in [6.07, 6.45) is 0. The van der Waals surface area contributed by atoms with Gasteiger partial charge in [0.15, 0.2) is 11.6 Å². The van der Waals surface area contributed by atoms with Gasteiger partial charge in [-0.3, -0.25) is 9.69 Å². The zero-order chi connectivity index (χ0) is 21.0. The van der Waals surface area contributed by atoms with Gasteiger partial charge in [0.1, 0.15) is 0 Å². The van der Waals surface area contributed by atoms with Gasteiger partial charge in [0, 0.05) is 38.4 Å². The predicted octanol–water partition coefficient (Wildman–Crippen LogP) is 3.23. The minimum absolute atomic E-state index is 0.113. The third-order valence-corrected chi connectivity index (χ3v) is 5.62. The summed E-state index contributed by atoms with van der Waals surface area (Å²) in [6, 6.07) is 11.3. The molecule has 1 fully saturated rings. The van der Waals surface area contributed by atoms with Gasteiger partial charge in [0.25, 0.3) is 0 Å². The fraction of sp³-hybridized carbons (Fsp3) is 0.435. The Kier molecular flexibility index (Phi) is 6.75. The number of hydrogen-bond donors (Lipinski definition) is 0. The summed E-state index contributed by atoms with van der Waals surface area (Å²) < 4.78 is 18.8. The van der Waals surface area contributed by atoms with Crippen molar-refractivity contribution in [1.29, 1.82) is 0 Å². The van der Waals surface area contributed by atoms with Crippen molar-refractivity contribution in [2.24, 2.45) is 0 Å². The van der Waals surface area contributed by atoms with Gasteiger partial charge in [-0.1, -0.05) is 18.2 Å². The molecular weight excluding hydrogens is 369 g/mol. The van der Waals surface area contributed by atoms with Gasteiger partial charge in [-0.25, -0.2) is 4.39 Å². The maximum Gasteiger partial charge on any atom is 0.236 e. The highest BCUT2D eigenvalue weighted by atomic mass is 19.1. The van der Waals surface area contributed by atoms with E-state index in [1.807, 2.05) is 22.9 Å². The van der Waals surface area contributed by atoms with Gasteiger partial charge in [-0.2, -0.15) is 0 Å². The van der Waals surface area contributed by atoms with Crippen molar-refractivity contribution >= 4 is 11.6 Å². The molecule has 1 amide bonds. The number of methoxy groups -OCH3 is 1. The number of carbonyl (C=O) groups is 1. The fourth-order valence-corrected chi connectivity index (χ4v) is 3.78. The lowest BCUT2D eigenvalue weighted by molar-refractivity contribution is -0.132. The number of rotatable bonds is 6. The molecule has 0 radical (unpaired) electrons. The van der Waals surface area contributed by atoms with E-state index in [1.165, 1.54) is 30.0 Å². The second-order valence-electron chi connectivity index (χ2n) is 7.73. The summed E-state index contributed by atoms with van der Waals surface area (Å²) in [5, 5.41) is 0. The summed E-state index contributed by atoms with van der Waals surface area (Å²) in [5.74, 6) is -0.0383. The van der Waals surface area contributed by atoms with Crippen molar-refractivity contribution < 1.29 is 13.9 Å². The van der Waals surface area contributed by atoms with Crippen LogP contribution in [-0.2, 0) is 11.3 Å². The largest absolute Gasteiger partial charge is 0.494 e. The van der Waals surface area contributed by atoms with E-state index in [1.54, 1.807) is 6.07 Å². The highest BCUT2D eigenvalue weighted by Crippen LogP contribution is 2.24.